The predicted molar refractivity (Wildman–Crippen MR) is 106 cm³/mol. The lowest BCUT2D eigenvalue weighted by Gasteiger charge is -2.30. The number of aromatic nitrogens is 3. The minimum atomic E-state index is 0.0472. The van der Waals surface area contributed by atoms with Crippen LogP contribution >= 0.6 is 0 Å². The van der Waals surface area contributed by atoms with Gasteiger partial charge in [0, 0.05) is 30.6 Å². The molecule has 0 saturated carbocycles. The van der Waals surface area contributed by atoms with Crippen molar-refractivity contribution in [3.05, 3.63) is 59.7 Å². The van der Waals surface area contributed by atoms with Gasteiger partial charge in [0.1, 0.15) is 11.5 Å². The summed E-state index contributed by atoms with van der Waals surface area (Å²) in [5.74, 6) is 0.802. The van der Waals surface area contributed by atoms with Crippen LogP contribution in [0.15, 0.2) is 42.7 Å². The van der Waals surface area contributed by atoms with Crippen LogP contribution in [-0.2, 0) is 11.3 Å². The van der Waals surface area contributed by atoms with Gasteiger partial charge in [-0.15, -0.1) is 0 Å². The van der Waals surface area contributed by atoms with Crippen molar-refractivity contribution in [2.45, 2.75) is 33.2 Å². The van der Waals surface area contributed by atoms with Gasteiger partial charge in [0.15, 0.2) is 0 Å². The normalized spacial score (nSPS) is 15.9. The van der Waals surface area contributed by atoms with E-state index in [1.165, 1.54) is 5.69 Å². The second-order valence-electron chi connectivity index (χ2n) is 7.34. The topological polar surface area (TPSA) is 62.5 Å². The molecular weight excluding hydrogens is 338 g/mol. The number of pyridine rings is 2. The molecular formula is C21H25N5O. The fourth-order valence-electron chi connectivity index (χ4n) is 3.69. The molecule has 0 atom stereocenters. The standard InChI is InChI=1S/C21H25N5O/c1-15-5-4-10-22-20(15)24-21(27)17-8-11-25(12-9-17)13-18-14-26-16(2)6-3-7-19(26)23-18/h3-7,10,14,17H,8-9,11-13H2,1-2H3,(H,22,24,27). The molecule has 140 valence electrons. The van der Waals surface area contributed by atoms with Crippen LogP contribution in [0.2, 0.25) is 0 Å². The molecule has 1 saturated heterocycles. The maximum atomic E-state index is 12.6. The van der Waals surface area contributed by atoms with Gasteiger partial charge >= 0.3 is 0 Å². The van der Waals surface area contributed by atoms with Crippen molar-refractivity contribution in [1.29, 1.82) is 0 Å². The van der Waals surface area contributed by atoms with Gasteiger partial charge in [-0.3, -0.25) is 9.69 Å². The number of nitrogens with zero attached hydrogens (tertiary/aromatic N) is 4. The van der Waals surface area contributed by atoms with Crippen molar-refractivity contribution in [1.82, 2.24) is 19.3 Å². The van der Waals surface area contributed by atoms with Gasteiger partial charge < -0.3 is 9.72 Å². The number of fused-ring (bicyclic) bond motifs is 1. The average Bonchev–Trinajstić information content (AvgIpc) is 3.08. The van der Waals surface area contributed by atoms with Gasteiger partial charge in [0.2, 0.25) is 5.91 Å². The summed E-state index contributed by atoms with van der Waals surface area (Å²) in [5, 5.41) is 2.98. The molecule has 3 aromatic rings. The number of anilines is 1. The lowest BCUT2D eigenvalue weighted by Crippen LogP contribution is -2.38. The Balaban J connectivity index is 1.33. The van der Waals surface area contributed by atoms with Gasteiger partial charge in [-0.05, 0) is 63.5 Å². The third-order valence-electron chi connectivity index (χ3n) is 5.34. The summed E-state index contributed by atoms with van der Waals surface area (Å²) in [6.07, 6.45) is 5.56. The molecule has 4 heterocycles. The Morgan fingerprint density at radius 3 is 2.74 bits per heavy atom. The number of piperidine rings is 1. The van der Waals surface area contributed by atoms with Gasteiger partial charge in [0.25, 0.3) is 0 Å². The lowest BCUT2D eigenvalue weighted by atomic mass is 9.95. The number of carbonyl (C=O) groups excluding carboxylic acids is 1. The highest BCUT2D eigenvalue weighted by molar-refractivity contribution is 5.92. The van der Waals surface area contributed by atoms with Crippen molar-refractivity contribution in [3.8, 4) is 0 Å². The molecule has 1 amide bonds. The number of aryl methyl sites for hydroxylation is 2. The SMILES string of the molecule is Cc1cccnc1NC(=O)C1CCN(Cc2cn3c(C)cccc3n2)CC1. The zero-order valence-corrected chi connectivity index (χ0v) is 15.9. The highest BCUT2D eigenvalue weighted by Gasteiger charge is 2.26. The van der Waals surface area contributed by atoms with Crippen LogP contribution in [0, 0.1) is 19.8 Å². The highest BCUT2D eigenvalue weighted by Crippen LogP contribution is 2.21. The number of likely N-dealkylation sites (tertiary alicyclic amines) is 1. The average molecular weight is 363 g/mol. The van der Waals surface area contributed by atoms with E-state index in [-0.39, 0.29) is 11.8 Å². The van der Waals surface area contributed by atoms with E-state index in [2.05, 4.69) is 38.8 Å². The molecule has 0 aliphatic carbocycles. The number of rotatable bonds is 4. The predicted octanol–water partition coefficient (Wildman–Crippen LogP) is 3.20. The number of amides is 1. The number of nitrogens with one attached hydrogen (secondary N) is 1. The van der Waals surface area contributed by atoms with E-state index in [1.54, 1.807) is 6.20 Å². The Bertz CT molecular complexity index is 956. The second-order valence-corrected chi connectivity index (χ2v) is 7.34. The van der Waals surface area contributed by atoms with E-state index in [0.29, 0.717) is 5.82 Å². The highest BCUT2D eigenvalue weighted by atomic mass is 16.1. The molecule has 1 aliphatic rings. The number of hydrogen-bond acceptors (Lipinski definition) is 4. The van der Waals surface area contributed by atoms with Crippen LogP contribution in [0.1, 0.15) is 29.8 Å². The first-order valence-electron chi connectivity index (χ1n) is 9.48. The maximum Gasteiger partial charge on any atom is 0.228 e. The summed E-state index contributed by atoms with van der Waals surface area (Å²) in [5.41, 5.74) is 4.25. The quantitative estimate of drug-likeness (QED) is 0.773. The van der Waals surface area contributed by atoms with Crippen LogP contribution in [0.4, 0.5) is 5.82 Å². The van der Waals surface area contributed by atoms with E-state index in [9.17, 15) is 4.79 Å². The molecule has 1 fully saturated rings. The van der Waals surface area contributed by atoms with E-state index in [1.807, 2.05) is 31.2 Å². The summed E-state index contributed by atoms with van der Waals surface area (Å²) >= 11 is 0. The Morgan fingerprint density at radius 1 is 1.19 bits per heavy atom. The molecule has 1 N–H and O–H groups in total. The number of imidazole rings is 1. The Hall–Kier alpha value is -2.73. The van der Waals surface area contributed by atoms with Crippen molar-refractivity contribution >= 4 is 17.4 Å². The van der Waals surface area contributed by atoms with Crippen molar-refractivity contribution in [2.75, 3.05) is 18.4 Å². The van der Waals surface area contributed by atoms with E-state index >= 15 is 0 Å². The van der Waals surface area contributed by atoms with Gasteiger partial charge in [-0.1, -0.05) is 12.1 Å². The summed E-state index contributed by atoms with van der Waals surface area (Å²) in [6, 6.07) is 10.00. The minimum Gasteiger partial charge on any atom is -0.310 e. The maximum absolute atomic E-state index is 12.6. The number of carbonyl (C=O) groups is 1. The summed E-state index contributed by atoms with van der Waals surface area (Å²) in [6.45, 7) is 6.70. The zero-order chi connectivity index (χ0) is 18.8. The molecule has 0 spiro atoms. The Labute approximate surface area is 159 Å². The Kier molecular flexibility index (Phi) is 4.90. The molecule has 3 aromatic heterocycles. The van der Waals surface area contributed by atoms with Crippen molar-refractivity contribution in [3.63, 3.8) is 0 Å². The molecule has 6 heteroatoms. The summed E-state index contributed by atoms with van der Waals surface area (Å²) in [7, 11) is 0. The van der Waals surface area contributed by atoms with Crippen molar-refractivity contribution < 1.29 is 4.79 Å². The van der Waals surface area contributed by atoms with Crippen LogP contribution in [0.25, 0.3) is 5.65 Å². The van der Waals surface area contributed by atoms with Crippen LogP contribution < -0.4 is 5.32 Å². The fraction of sp³-hybridized carbons (Fsp3) is 0.381. The summed E-state index contributed by atoms with van der Waals surface area (Å²) in [4.78, 5) is 23.9. The van der Waals surface area contributed by atoms with E-state index < -0.39 is 0 Å². The monoisotopic (exact) mass is 363 g/mol. The molecule has 4 rings (SSSR count). The van der Waals surface area contributed by atoms with E-state index in [4.69, 9.17) is 4.98 Å². The molecule has 27 heavy (non-hydrogen) atoms. The van der Waals surface area contributed by atoms with Crippen LogP contribution in [0.5, 0.6) is 0 Å². The zero-order valence-electron chi connectivity index (χ0n) is 15.9. The van der Waals surface area contributed by atoms with Gasteiger partial charge in [-0.25, -0.2) is 9.97 Å². The molecule has 1 aliphatic heterocycles. The smallest absolute Gasteiger partial charge is 0.228 e. The first-order valence-corrected chi connectivity index (χ1v) is 9.48. The molecule has 6 nitrogen and oxygen atoms in total. The second kappa shape index (κ2) is 7.48. The minimum absolute atomic E-state index is 0.0472. The molecule has 0 unspecified atom stereocenters. The van der Waals surface area contributed by atoms with Gasteiger partial charge in [0.05, 0.1) is 5.69 Å². The molecule has 0 aromatic carbocycles. The van der Waals surface area contributed by atoms with Gasteiger partial charge in [-0.2, -0.15) is 0 Å². The first kappa shape index (κ1) is 17.7. The Morgan fingerprint density at radius 2 is 2.00 bits per heavy atom. The largest absolute Gasteiger partial charge is 0.310 e. The lowest BCUT2D eigenvalue weighted by molar-refractivity contribution is -0.121. The van der Waals surface area contributed by atoms with Crippen molar-refractivity contribution in [2.24, 2.45) is 5.92 Å². The third-order valence-corrected chi connectivity index (χ3v) is 5.34. The number of hydrogen-bond donors (Lipinski definition) is 1. The molecule has 0 radical (unpaired) electrons. The molecule has 0 bridgehead atoms. The first-order chi connectivity index (χ1) is 13.1. The summed E-state index contributed by atoms with van der Waals surface area (Å²) < 4.78 is 2.13. The third kappa shape index (κ3) is 3.85. The van der Waals surface area contributed by atoms with E-state index in [0.717, 1.165) is 49.4 Å². The fourth-order valence-corrected chi connectivity index (χ4v) is 3.69. The van der Waals surface area contributed by atoms with Crippen LogP contribution in [0.3, 0.4) is 0 Å². The van der Waals surface area contributed by atoms with Crippen LogP contribution in [-0.4, -0.2) is 38.3 Å².